The highest BCUT2D eigenvalue weighted by molar-refractivity contribution is 7.17. The monoisotopic (exact) mass is 768 g/mol. The zero-order valence-corrected chi connectivity index (χ0v) is 33.8. The van der Waals surface area contributed by atoms with Gasteiger partial charge in [0.1, 0.15) is 4.83 Å². The number of nitrogens with one attached hydrogen (secondary N) is 4. The number of ether oxygens (including phenoxy) is 1. The van der Waals surface area contributed by atoms with Crippen LogP contribution in [-0.2, 0) is 28.7 Å². The number of hydrogen-bond acceptors (Lipinski definition) is 9. The summed E-state index contributed by atoms with van der Waals surface area (Å²) in [4.78, 5) is 64.4. The summed E-state index contributed by atoms with van der Waals surface area (Å²) in [6.07, 6.45) is 13.2. The fourth-order valence-corrected chi connectivity index (χ4v) is 6.03. The lowest BCUT2D eigenvalue weighted by molar-refractivity contribution is -0.131. The van der Waals surface area contributed by atoms with Gasteiger partial charge in [0, 0.05) is 55.8 Å². The van der Waals surface area contributed by atoms with Gasteiger partial charge >= 0.3 is 0 Å². The number of anilines is 1. The van der Waals surface area contributed by atoms with Crippen molar-refractivity contribution in [3.8, 4) is 16.9 Å². The van der Waals surface area contributed by atoms with Crippen LogP contribution in [0.25, 0.3) is 27.2 Å². The molecule has 0 spiro atoms. The lowest BCUT2D eigenvalue weighted by atomic mass is 10.1. The molecule has 1 aromatic carbocycles. The fraction of sp³-hybridized carbons (Fsp3) is 0.487. The Morgan fingerprint density at radius 2 is 1.43 bits per heavy atom. The van der Waals surface area contributed by atoms with Crippen LogP contribution in [0.5, 0.6) is 0 Å². The van der Waals surface area contributed by atoms with Gasteiger partial charge in [0.15, 0.2) is 0 Å². The normalized spacial score (nSPS) is 12.4. The number of imidazole rings is 1. The third-order valence-corrected chi connectivity index (χ3v) is 8.41. The Labute approximate surface area is 324 Å². The van der Waals surface area contributed by atoms with Crippen LogP contribution in [0.15, 0.2) is 54.4 Å². The second kappa shape index (κ2) is 28.5. The van der Waals surface area contributed by atoms with Crippen LogP contribution in [-0.4, -0.2) is 108 Å². The van der Waals surface area contributed by atoms with Crippen LogP contribution in [0, 0.1) is 0 Å². The van der Waals surface area contributed by atoms with E-state index >= 15 is 0 Å². The molecule has 2 fully saturated rings. The summed E-state index contributed by atoms with van der Waals surface area (Å²) in [6.45, 7) is 14.5. The number of H-pyrrole nitrogens is 1. The molecule has 4 amide bonds. The van der Waals surface area contributed by atoms with Gasteiger partial charge in [-0.2, -0.15) is 0 Å². The van der Waals surface area contributed by atoms with E-state index in [4.69, 9.17) is 4.79 Å². The lowest BCUT2D eigenvalue weighted by Crippen LogP contribution is -2.37. The predicted molar refractivity (Wildman–Crippen MR) is 218 cm³/mol. The van der Waals surface area contributed by atoms with E-state index in [0.717, 1.165) is 71.9 Å². The van der Waals surface area contributed by atoms with Crippen molar-refractivity contribution in [3.63, 3.8) is 0 Å². The summed E-state index contributed by atoms with van der Waals surface area (Å²) < 4.78 is 5.98. The first-order valence-electron chi connectivity index (χ1n) is 18.4. The fourth-order valence-electron chi connectivity index (χ4n) is 5.02. The number of amides is 4. The molecule has 15 heteroatoms. The van der Waals surface area contributed by atoms with Crippen molar-refractivity contribution >= 4 is 57.8 Å². The number of carbonyl (C=O) groups excluding carboxylic acids is 5. The number of likely N-dealkylation sites (N-methyl/N-ethyl adjacent to an activating group) is 1. The van der Waals surface area contributed by atoms with E-state index in [1.165, 1.54) is 39.7 Å². The van der Waals surface area contributed by atoms with Crippen molar-refractivity contribution < 1.29 is 28.7 Å². The van der Waals surface area contributed by atoms with E-state index in [1.807, 2.05) is 22.5 Å². The Hall–Kier alpha value is -5.02. The number of fused-ring (bicyclic) bond motifs is 1. The van der Waals surface area contributed by atoms with E-state index < -0.39 is 0 Å². The standard InChI is InChI=1S/C16H12N4OS.C8H14N2O2.C7H14N2O.2C3H8.C2H4O2/c21-10-19-15-8-22-16-13(15)5-6-20(16)12-3-1-11(2-4-12)14-7-17-9-18-14;1-7(11)9-6-8(12)10-4-2-3-5-10;1-8-6-7(10)9-4-2-3-5-9;2*1-3-2;1-4-2-3/h1-10H,(H,17,18)(H,19,21);2-6H2,1H3,(H,9,11);8H,2-6H2,1H3;2*3H2,1-2H3;2H,1H3. The molecule has 4 aromatic rings. The van der Waals surface area contributed by atoms with Crippen molar-refractivity contribution in [2.75, 3.05) is 58.7 Å². The highest BCUT2D eigenvalue weighted by Crippen LogP contribution is 2.33. The maximum atomic E-state index is 11.3. The van der Waals surface area contributed by atoms with Gasteiger partial charge in [-0.15, -0.1) is 11.3 Å². The third-order valence-electron chi connectivity index (χ3n) is 7.42. The molecular formula is C39H60N8O6S. The number of rotatable bonds is 9. The van der Waals surface area contributed by atoms with Crippen LogP contribution >= 0.6 is 11.3 Å². The van der Waals surface area contributed by atoms with Crippen LogP contribution in [0.2, 0.25) is 0 Å². The van der Waals surface area contributed by atoms with Crippen molar-refractivity contribution in [3.05, 3.63) is 54.4 Å². The largest absolute Gasteiger partial charge is 0.471 e. The third kappa shape index (κ3) is 17.2. The molecule has 2 aliphatic heterocycles. The average Bonchev–Trinajstić information content (AvgIpc) is 4.02. The number of likely N-dealkylation sites (tertiary alicyclic amines) is 2. The number of benzene rings is 1. The number of thiophene rings is 1. The van der Waals surface area contributed by atoms with E-state index in [-0.39, 0.29) is 24.3 Å². The minimum atomic E-state index is -0.150. The molecular weight excluding hydrogens is 709 g/mol. The first kappa shape index (κ1) is 47.0. The summed E-state index contributed by atoms with van der Waals surface area (Å²) in [5.41, 5.74) is 4.03. The summed E-state index contributed by atoms with van der Waals surface area (Å²) in [6, 6.07) is 10.3. The van der Waals surface area contributed by atoms with Crippen LogP contribution in [0.4, 0.5) is 5.69 Å². The van der Waals surface area contributed by atoms with Gasteiger partial charge in [-0.3, -0.25) is 24.0 Å². The number of methoxy groups -OCH3 is 1. The Morgan fingerprint density at radius 1 is 0.889 bits per heavy atom. The molecule has 6 rings (SSSR count). The highest BCUT2D eigenvalue weighted by atomic mass is 32.1. The minimum Gasteiger partial charge on any atom is -0.471 e. The van der Waals surface area contributed by atoms with Gasteiger partial charge in [0.25, 0.3) is 6.47 Å². The maximum Gasteiger partial charge on any atom is 0.292 e. The van der Waals surface area contributed by atoms with E-state index in [2.05, 4.69) is 87.2 Å². The first-order valence-corrected chi connectivity index (χ1v) is 19.3. The molecule has 3 aromatic heterocycles. The van der Waals surface area contributed by atoms with Gasteiger partial charge in [0.2, 0.25) is 24.1 Å². The maximum absolute atomic E-state index is 11.3. The van der Waals surface area contributed by atoms with Crippen LogP contribution in [0.1, 0.15) is 73.1 Å². The Morgan fingerprint density at radius 3 is 1.87 bits per heavy atom. The van der Waals surface area contributed by atoms with Gasteiger partial charge in [0.05, 0.1) is 44.1 Å². The molecule has 0 bridgehead atoms. The first-order chi connectivity index (χ1) is 26.1. The van der Waals surface area contributed by atoms with Crippen LogP contribution in [0.3, 0.4) is 0 Å². The summed E-state index contributed by atoms with van der Waals surface area (Å²) in [7, 11) is 3.11. The van der Waals surface area contributed by atoms with Crippen molar-refractivity contribution in [1.82, 2.24) is 35.0 Å². The molecule has 0 unspecified atom stereocenters. The number of hydrogen-bond donors (Lipinski definition) is 4. The van der Waals surface area contributed by atoms with Gasteiger partial charge in [-0.1, -0.05) is 52.7 Å². The topological polar surface area (TPSA) is 171 Å². The molecule has 54 heavy (non-hydrogen) atoms. The van der Waals surface area contributed by atoms with Crippen LogP contribution < -0.4 is 16.0 Å². The highest BCUT2D eigenvalue weighted by Gasteiger charge is 2.17. The molecule has 5 heterocycles. The number of carbonyl (C=O) groups is 5. The van der Waals surface area contributed by atoms with Crippen molar-refractivity contribution in [2.24, 2.45) is 0 Å². The average molecular weight is 769 g/mol. The second-order valence-corrected chi connectivity index (χ2v) is 13.0. The zero-order valence-electron chi connectivity index (χ0n) is 33.0. The number of aromatic nitrogens is 3. The molecule has 0 radical (unpaired) electrons. The molecule has 2 saturated heterocycles. The van der Waals surface area contributed by atoms with Crippen molar-refractivity contribution in [2.45, 2.75) is 73.1 Å². The van der Waals surface area contributed by atoms with E-state index in [1.54, 1.807) is 35.8 Å². The van der Waals surface area contributed by atoms with Gasteiger partial charge in [-0.25, -0.2) is 4.98 Å². The van der Waals surface area contributed by atoms with E-state index in [9.17, 15) is 19.2 Å². The number of nitrogens with zero attached hydrogens (tertiary/aromatic N) is 4. The SMILES string of the molecule is CC(=O)NCC(=O)N1CCCC1.CCC.CCC.CNCC(=O)N1CCCC1.COC=O.O=CNc1csc2c1ccn2-c1ccc(-c2cnc[nH]2)cc1. The molecule has 0 saturated carbocycles. The molecule has 0 atom stereocenters. The summed E-state index contributed by atoms with van der Waals surface area (Å²) in [5, 5.41) is 11.1. The smallest absolute Gasteiger partial charge is 0.292 e. The molecule has 2 aliphatic rings. The minimum absolute atomic E-state index is 0.0303. The molecule has 298 valence electrons. The Balaban J connectivity index is 0.000000387. The molecule has 0 aliphatic carbocycles. The Bertz CT molecular complexity index is 1610. The second-order valence-electron chi connectivity index (χ2n) is 12.2. The molecule has 4 N–H and O–H groups in total. The summed E-state index contributed by atoms with van der Waals surface area (Å²) >= 11 is 1.61. The summed E-state index contributed by atoms with van der Waals surface area (Å²) in [5.74, 6) is 0.116. The number of aromatic amines is 1. The Kier molecular flexibility index (Phi) is 24.8. The zero-order chi connectivity index (χ0) is 40.1. The van der Waals surface area contributed by atoms with E-state index in [0.29, 0.717) is 19.4 Å². The van der Waals surface area contributed by atoms with Gasteiger partial charge in [-0.05, 0) is 56.5 Å². The predicted octanol–water partition coefficient (Wildman–Crippen LogP) is 5.85. The lowest BCUT2D eigenvalue weighted by Gasteiger charge is -2.14. The van der Waals surface area contributed by atoms with Crippen molar-refractivity contribution in [1.29, 1.82) is 0 Å². The molecule has 14 nitrogen and oxygen atoms in total. The quantitative estimate of drug-likeness (QED) is 0.154. The van der Waals surface area contributed by atoms with Gasteiger partial charge < -0.3 is 40.0 Å².